The van der Waals surface area contributed by atoms with E-state index in [4.69, 9.17) is 0 Å². The van der Waals surface area contributed by atoms with Crippen LogP contribution in [0.3, 0.4) is 0 Å². The summed E-state index contributed by atoms with van der Waals surface area (Å²) in [4.78, 5) is 2.86. The molecule has 0 saturated heterocycles. The van der Waals surface area contributed by atoms with Crippen molar-refractivity contribution in [2.45, 2.75) is 20.4 Å². The van der Waals surface area contributed by atoms with E-state index in [-0.39, 0.29) is 0 Å². The second kappa shape index (κ2) is 5.29. The zero-order valence-electron chi connectivity index (χ0n) is 13.3. The molecule has 0 atom stereocenters. The molecule has 24 heavy (non-hydrogen) atoms. The van der Waals surface area contributed by atoms with Crippen molar-refractivity contribution < 1.29 is 0 Å². The van der Waals surface area contributed by atoms with E-state index in [0.29, 0.717) is 24.3 Å². The average Bonchev–Trinajstić information content (AvgIpc) is 3.33. The average molecular weight is 329 g/mol. The molecule has 124 valence electrons. The van der Waals surface area contributed by atoms with Gasteiger partial charge in [0.05, 0.1) is 13.6 Å². The predicted octanol–water partition coefficient (Wildman–Crippen LogP) is -0.854. The van der Waals surface area contributed by atoms with Crippen molar-refractivity contribution in [3.8, 4) is 0 Å². The van der Waals surface area contributed by atoms with Gasteiger partial charge in [-0.1, -0.05) is 15.4 Å². The van der Waals surface area contributed by atoms with Gasteiger partial charge >= 0.3 is 5.95 Å². The number of hydrazine groups is 2. The van der Waals surface area contributed by atoms with Gasteiger partial charge in [-0.3, -0.25) is 0 Å². The van der Waals surface area contributed by atoms with Crippen LogP contribution in [0.1, 0.15) is 13.8 Å². The van der Waals surface area contributed by atoms with Gasteiger partial charge in [-0.15, -0.1) is 20.4 Å². The minimum absolute atomic E-state index is 0.332. The third-order valence-electron chi connectivity index (χ3n) is 3.29. The predicted molar refractivity (Wildman–Crippen MR) is 83.0 cm³/mol. The van der Waals surface area contributed by atoms with Gasteiger partial charge in [-0.25, -0.2) is 4.68 Å². The highest BCUT2D eigenvalue weighted by Gasteiger charge is 2.38. The minimum atomic E-state index is 0.332. The van der Waals surface area contributed by atoms with Gasteiger partial charge in [0.15, 0.2) is 5.84 Å². The van der Waals surface area contributed by atoms with Crippen LogP contribution in [0.2, 0.25) is 0 Å². The Morgan fingerprint density at radius 1 is 1.00 bits per heavy atom. The molecule has 1 aliphatic rings. The van der Waals surface area contributed by atoms with Crippen LogP contribution in [0.5, 0.6) is 0 Å². The van der Waals surface area contributed by atoms with Gasteiger partial charge in [-0.05, 0) is 36.4 Å². The maximum absolute atomic E-state index is 4.52. The third kappa shape index (κ3) is 2.13. The van der Waals surface area contributed by atoms with E-state index in [1.165, 1.54) is 9.59 Å². The molecule has 13 heteroatoms. The van der Waals surface area contributed by atoms with E-state index in [1.807, 2.05) is 38.4 Å². The number of nitrogens with zero attached hydrogens (tertiary/aromatic N) is 13. The molecule has 4 heterocycles. The van der Waals surface area contributed by atoms with Gasteiger partial charge < -0.3 is 0 Å². The van der Waals surface area contributed by atoms with Crippen LogP contribution >= 0.6 is 0 Å². The highest BCUT2D eigenvalue weighted by molar-refractivity contribution is 5.98. The third-order valence-corrected chi connectivity index (χ3v) is 3.29. The van der Waals surface area contributed by atoms with Gasteiger partial charge in [0.1, 0.15) is 0 Å². The maximum atomic E-state index is 4.52. The van der Waals surface area contributed by atoms with Crippen molar-refractivity contribution >= 4 is 17.7 Å². The molecule has 4 rings (SSSR count). The number of anilines is 2. The minimum Gasteiger partial charge on any atom is -0.231 e. The lowest BCUT2D eigenvalue weighted by Gasteiger charge is -2.29. The molecule has 0 aliphatic carbocycles. The summed E-state index contributed by atoms with van der Waals surface area (Å²) in [7, 11) is 1.69. The van der Waals surface area contributed by atoms with Gasteiger partial charge in [-0.2, -0.15) is 14.6 Å². The van der Waals surface area contributed by atoms with E-state index >= 15 is 0 Å². The van der Waals surface area contributed by atoms with Crippen molar-refractivity contribution in [2.75, 3.05) is 15.4 Å². The lowest BCUT2D eigenvalue weighted by Crippen LogP contribution is -2.52. The van der Waals surface area contributed by atoms with Crippen LogP contribution < -0.4 is 15.4 Å². The summed E-state index contributed by atoms with van der Waals surface area (Å²) in [5.74, 6) is 1.31. The molecule has 3 aromatic heterocycles. The van der Waals surface area contributed by atoms with Crippen molar-refractivity contribution in [3.63, 3.8) is 0 Å². The normalized spacial score (nSPS) is 14.6. The summed E-state index contributed by atoms with van der Waals surface area (Å²) < 4.78 is 1.77. The van der Waals surface area contributed by atoms with Crippen LogP contribution in [0.15, 0.2) is 29.6 Å². The second-order valence-electron chi connectivity index (χ2n) is 4.94. The number of tetrazole rings is 2. The number of aromatic nitrogens is 9. The molecular formula is C11H15N13. The SMILES string of the molecule is CCn1nnc(N2N(c3nnn(C)n3)C(C)=NN2n2cccc2)n1. The van der Waals surface area contributed by atoms with E-state index in [9.17, 15) is 0 Å². The number of rotatable bonds is 4. The molecule has 0 bridgehead atoms. The first-order valence-corrected chi connectivity index (χ1v) is 7.28. The van der Waals surface area contributed by atoms with Gasteiger partial charge in [0.2, 0.25) is 0 Å². The Morgan fingerprint density at radius 3 is 2.38 bits per heavy atom. The van der Waals surface area contributed by atoms with Crippen molar-refractivity contribution in [1.82, 2.24) is 45.1 Å². The summed E-state index contributed by atoms with van der Waals surface area (Å²) in [6.45, 7) is 4.37. The Hall–Kier alpha value is -3.51. The lowest BCUT2D eigenvalue weighted by molar-refractivity contribution is 0.547. The Balaban J connectivity index is 1.80. The monoisotopic (exact) mass is 329 g/mol. The van der Waals surface area contributed by atoms with Crippen LogP contribution in [0, 0.1) is 0 Å². The molecule has 0 amide bonds. The topological polar surface area (TPSA) is 114 Å². The fourth-order valence-corrected chi connectivity index (χ4v) is 2.23. The Kier molecular flexibility index (Phi) is 3.11. The number of hydrogen-bond donors (Lipinski definition) is 0. The second-order valence-corrected chi connectivity index (χ2v) is 4.94. The van der Waals surface area contributed by atoms with Crippen LogP contribution in [-0.2, 0) is 13.6 Å². The van der Waals surface area contributed by atoms with E-state index < -0.39 is 0 Å². The Labute approximate surface area is 136 Å². The Morgan fingerprint density at radius 2 is 1.75 bits per heavy atom. The molecule has 1 aliphatic heterocycles. The van der Waals surface area contributed by atoms with Gasteiger partial charge in [0, 0.05) is 12.4 Å². The van der Waals surface area contributed by atoms with Crippen LogP contribution in [0.4, 0.5) is 11.9 Å². The van der Waals surface area contributed by atoms with Crippen molar-refractivity contribution in [3.05, 3.63) is 24.5 Å². The molecule has 0 unspecified atom stereocenters. The highest BCUT2D eigenvalue weighted by atomic mass is 16.1. The first-order chi connectivity index (χ1) is 11.7. The lowest BCUT2D eigenvalue weighted by atomic mass is 10.6. The quantitative estimate of drug-likeness (QED) is 0.603. The first-order valence-electron chi connectivity index (χ1n) is 7.28. The zero-order valence-corrected chi connectivity index (χ0v) is 13.3. The van der Waals surface area contributed by atoms with E-state index in [2.05, 4.69) is 35.9 Å². The zero-order chi connectivity index (χ0) is 16.7. The van der Waals surface area contributed by atoms with Gasteiger partial charge in [0.25, 0.3) is 5.95 Å². The fraction of sp³-hybridized carbons (Fsp3) is 0.364. The maximum Gasteiger partial charge on any atom is 0.307 e. The largest absolute Gasteiger partial charge is 0.307 e. The molecule has 0 radical (unpaired) electrons. The standard InChI is InChI=1S/C11H15N13/c1-4-21-16-11(13-18-21)23-22(10-12-17-19(3)15-10)9(2)14-24(23)20-7-5-6-8-20/h5-8H,4H2,1-3H3. The summed E-state index contributed by atoms with van der Waals surface area (Å²) in [6, 6.07) is 3.78. The Bertz CT molecular complexity index is 858. The number of amidine groups is 1. The van der Waals surface area contributed by atoms with E-state index in [0.717, 1.165) is 0 Å². The number of hydrogen-bond acceptors (Lipinski definition) is 10. The highest BCUT2D eigenvalue weighted by Crippen LogP contribution is 2.23. The van der Waals surface area contributed by atoms with Crippen molar-refractivity contribution in [2.24, 2.45) is 12.1 Å². The summed E-state index contributed by atoms with van der Waals surface area (Å²) in [5.41, 5.74) is 0. The summed E-state index contributed by atoms with van der Waals surface area (Å²) in [5, 5.41) is 34.0. The van der Waals surface area contributed by atoms with Crippen LogP contribution in [-0.4, -0.2) is 50.9 Å². The molecule has 13 nitrogen and oxygen atoms in total. The molecule has 0 aromatic carbocycles. The molecular weight excluding hydrogens is 314 g/mol. The number of aryl methyl sites for hydroxylation is 2. The smallest absolute Gasteiger partial charge is 0.231 e. The summed E-state index contributed by atoms with van der Waals surface area (Å²) >= 11 is 0. The fourth-order valence-electron chi connectivity index (χ4n) is 2.23. The molecule has 0 spiro atoms. The van der Waals surface area contributed by atoms with Crippen LogP contribution in [0.25, 0.3) is 0 Å². The first kappa shape index (κ1) is 14.1. The van der Waals surface area contributed by atoms with E-state index in [1.54, 1.807) is 27.1 Å². The molecule has 3 aromatic rings. The molecule has 0 N–H and O–H groups in total. The van der Waals surface area contributed by atoms with Crippen molar-refractivity contribution in [1.29, 1.82) is 0 Å². The molecule has 0 saturated carbocycles. The molecule has 0 fully saturated rings. The number of hydrazone groups is 1. The summed E-state index contributed by atoms with van der Waals surface area (Å²) in [6.07, 6.45) is 3.70.